The highest BCUT2D eigenvalue weighted by Gasteiger charge is 2.35. The number of carbonyl (C=O) groups is 2. The van der Waals surface area contributed by atoms with Crippen LogP contribution in [0.3, 0.4) is 0 Å². The van der Waals surface area contributed by atoms with E-state index >= 15 is 0 Å². The summed E-state index contributed by atoms with van der Waals surface area (Å²) in [5, 5.41) is 2.73. The van der Waals surface area contributed by atoms with Gasteiger partial charge in [-0.25, -0.2) is 0 Å². The first kappa shape index (κ1) is 16.3. The number of hydrogen-bond donors (Lipinski definition) is 2. The van der Waals surface area contributed by atoms with Gasteiger partial charge in [0.1, 0.15) is 0 Å². The molecule has 126 valence electrons. The molecule has 6 heteroatoms. The maximum atomic E-state index is 12.7. The Morgan fingerprint density at radius 1 is 1.33 bits per heavy atom. The van der Waals surface area contributed by atoms with Crippen molar-refractivity contribution < 1.29 is 14.0 Å². The second-order valence-corrected chi connectivity index (χ2v) is 6.50. The first-order valence-electron chi connectivity index (χ1n) is 7.95. The molecule has 24 heavy (non-hydrogen) atoms. The van der Waals surface area contributed by atoms with E-state index in [1.54, 1.807) is 36.4 Å². The van der Waals surface area contributed by atoms with Gasteiger partial charge in [0.05, 0.1) is 6.26 Å². The zero-order valence-electron chi connectivity index (χ0n) is 13.6. The highest BCUT2D eigenvalue weighted by molar-refractivity contribution is 6.03. The molecule has 2 aromatic rings. The fourth-order valence-electron chi connectivity index (χ4n) is 2.88. The number of nitrogens with zero attached hydrogens (tertiary/aromatic N) is 1. The molecule has 1 fully saturated rings. The van der Waals surface area contributed by atoms with Gasteiger partial charge in [-0.3, -0.25) is 9.59 Å². The number of hydrogen-bond acceptors (Lipinski definition) is 4. The number of benzene rings is 1. The van der Waals surface area contributed by atoms with Crippen molar-refractivity contribution in [3.8, 4) is 0 Å². The summed E-state index contributed by atoms with van der Waals surface area (Å²) in [6, 6.07) is 10.2. The van der Waals surface area contributed by atoms with Crippen LogP contribution in [0.1, 0.15) is 34.3 Å². The minimum absolute atomic E-state index is 0.0131. The van der Waals surface area contributed by atoms with Gasteiger partial charge >= 0.3 is 0 Å². The molecule has 0 bridgehead atoms. The quantitative estimate of drug-likeness (QED) is 0.902. The number of amides is 2. The molecule has 6 nitrogen and oxygen atoms in total. The summed E-state index contributed by atoms with van der Waals surface area (Å²) in [6.45, 7) is 4.02. The fraction of sp³-hybridized carbons (Fsp3) is 0.333. The summed E-state index contributed by atoms with van der Waals surface area (Å²) in [4.78, 5) is 26.5. The van der Waals surface area contributed by atoms with Crippen LogP contribution in [0, 0.1) is 5.41 Å². The lowest BCUT2D eigenvalue weighted by Gasteiger charge is -2.22. The maximum Gasteiger partial charge on any atom is 0.291 e. The zero-order chi connectivity index (χ0) is 17.2. The topological polar surface area (TPSA) is 88.6 Å². The first-order chi connectivity index (χ1) is 11.5. The molecule has 1 aromatic carbocycles. The number of nitrogens with two attached hydrogens (primary N) is 1. The molecule has 0 saturated carbocycles. The van der Waals surface area contributed by atoms with Crippen LogP contribution >= 0.6 is 0 Å². The van der Waals surface area contributed by atoms with E-state index in [1.807, 2.05) is 4.90 Å². The molecule has 1 aliphatic heterocycles. The van der Waals surface area contributed by atoms with Crippen LogP contribution in [0.15, 0.2) is 47.1 Å². The minimum atomic E-state index is -0.346. The van der Waals surface area contributed by atoms with Gasteiger partial charge in [0.15, 0.2) is 5.76 Å². The van der Waals surface area contributed by atoms with Crippen molar-refractivity contribution in [2.45, 2.75) is 13.3 Å². The van der Waals surface area contributed by atoms with Crippen LogP contribution in [0.5, 0.6) is 0 Å². The van der Waals surface area contributed by atoms with Crippen LogP contribution in [-0.2, 0) is 0 Å². The third-order valence-electron chi connectivity index (χ3n) is 4.45. The molecule has 1 aliphatic rings. The Morgan fingerprint density at radius 2 is 2.17 bits per heavy atom. The first-order valence-corrected chi connectivity index (χ1v) is 7.95. The van der Waals surface area contributed by atoms with Crippen LogP contribution < -0.4 is 11.1 Å². The van der Waals surface area contributed by atoms with Crippen LogP contribution in [0.2, 0.25) is 0 Å². The van der Waals surface area contributed by atoms with E-state index in [1.165, 1.54) is 6.26 Å². The number of rotatable bonds is 4. The molecule has 1 atom stereocenters. The molecule has 2 heterocycles. The van der Waals surface area contributed by atoms with Crippen molar-refractivity contribution in [2.24, 2.45) is 11.1 Å². The molecule has 3 rings (SSSR count). The maximum absolute atomic E-state index is 12.7. The predicted molar refractivity (Wildman–Crippen MR) is 90.8 cm³/mol. The van der Waals surface area contributed by atoms with Crippen molar-refractivity contribution in [3.05, 3.63) is 54.0 Å². The molecule has 0 spiro atoms. The van der Waals surface area contributed by atoms with Gasteiger partial charge in [-0.2, -0.15) is 0 Å². The third-order valence-corrected chi connectivity index (χ3v) is 4.45. The monoisotopic (exact) mass is 327 g/mol. The van der Waals surface area contributed by atoms with E-state index < -0.39 is 0 Å². The number of likely N-dealkylation sites (tertiary alicyclic amines) is 1. The van der Waals surface area contributed by atoms with E-state index in [0.29, 0.717) is 30.9 Å². The molecule has 1 saturated heterocycles. The van der Waals surface area contributed by atoms with Crippen LogP contribution in [0.25, 0.3) is 0 Å². The largest absolute Gasteiger partial charge is 0.459 e. The fourth-order valence-corrected chi connectivity index (χ4v) is 2.88. The van der Waals surface area contributed by atoms with Crippen LogP contribution in [-0.4, -0.2) is 36.3 Å². The molecule has 2 amide bonds. The Balaban J connectivity index is 1.71. The highest BCUT2D eigenvalue weighted by atomic mass is 16.3. The average molecular weight is 327 g/mol. The second kappa shape index (κ2) is 6.49. The van der Waals surface area contributed by atoms with Gasteiger partial charge in [0.25, 0.3) is 11.8 Å². The molecule has 0 radical (unpaired) electrons. The lowest BCUT2D eigenvalue weighted by atomic mass is 9.90. The normalized spacial score (nSPS) is 20.2. The van der Waals surface area contributed by atoms with Gasteiger partial charge in [0.2, 0.25) is 0 Å². The Kier molecular flexibility index (Phi) is 4.40. The van der Waals surface area contributed by atoms with E-state index in [-0.39, 0.29) is 23.0 Å². The summed E-state index contributed by atoms with van der Waals surface area (Å²) in [5.41, 5.74) is 6.89. The smallest absolute Gasteiger partial charge is 0.291 e. The van der Waals surface area contributed by atoms with Crippen molar-refractivity contribution in [2.75, 3.05) is 25.0 Å². The van der Waals surface area contributed by atoms with E-state index in [9.17, 15) is 9.59 Å². The Labute approximate surface area is 140 Å². The van der Waals surface area contributed by atoms with Gasteiger partial charge in [-0.1, -0.05) is 13.0 Å². The summed E-state index contributed by atoms with van der Waals surface area (Å²) >= 11 is 0. The molecular weight excluding hydrogens is 306 g/mol. The summed E-state index contributed by atoms with van der Waals surface area (Å²) in [7, 11) is 0. The zero-order valence-corrected chi connectivity index (χ0v) is 13.6. The lowest BCUT2D eigenvalue weighted by molar-refractivity contribution is 0.0776. The Hall–Kier alpha value is -2.60. The van der Waals surface area contributed by atoms with Gasteiger partial charge in [0, 0.05) is 24.3 Å². The van der Waals surface area contributed by atoms with Crippen LogP contribution in [0.4, 0.5) is 5.69 Å². The number of nitrogens with one attached hydrogen (secondary N) is 1. The summed E-state index contributed by atoms with van der Waals surface area (Å²) < 4.78 is 5.06. The standard InChI is InChI=1S/C18H21N3O3/c1-18(11-19)7-8-21(12-18)17(23)13-4-2-5-14(10-13)20-16(22)15-6-3-9-24-15/h2-6,9-10H,7-8,11-12,19H2,1H3,(H,20,22). The van der Waals surface area contributed by atoms with Crippen molar-refractivity contribution in [1.29, 1.82) is 0 Å². The molecule has 3 N–H and O–H groups in total. The number of furan rings is 1. The molecular formula is C18H21N3O3. The highest BCUT2D eigenvalue weighted by Crippen LogP contribution is 2.29. The molecule has 1 aromatic heterocycles. The third kappa shape index (κ3) is 3.33. The lowest BCUT2D eigenvalue weighted by Crippen LogP contribution is -2.34. The van der Waals surface area contributed by atoms with E-state index in [0.717, 1.165) is 6.42 Å². The Bertz CT molecular complexity index is 742. The van der Waals surface area contributed by atoms with E-state index in [4.69, 9.17) is 10.2 Å². The number of carbonyl (C=O) groups excluding carboxylic acids is 2. The minimum Gasteiger partial charge on any atom is -0.459 e. The second-order valence-electron chi connectivity index (χ2n) is 6.50. The van der Waals surface area contributed by atoms with Gasteiger partial charge in [-0.15, -0.1) is 0 Å². The van der Waals surface area contributed by atoms with Crippen molar-refractivity contribution >= 4 is 17.5 Å². The van der Waals surface area contributed by atoms with Gasteiger partial charge in [-0.05, 0) is 48.7 Å². The summed E-state index contributed by atoms with van der Waals surface area (Å²) in [5.74, 6) is -0.160. The van der Waals surface area contributed by atoms with E-state index in [2.05, 4.69) is 12.2 Å². The number of anilines is 1. The predicted octanol–water partition coefficient (Wildman–Crippen LogP) is 2.34. The Morgan fingerprint density at radius 3 is 2.83 bits per heavy atom. The SMILES string of the molecule is CC1(CN)CCN(C(=O)c2cccc(NC(=O)c3ccco3)c2)C1. The molecule has 1 unspecified atom stereocenters. The van der Waals surface area contributed by atoms with Crippen molar-refractivity contribution in [1.82, 2.24) is 4.90 Å². The molecule has 0 aliphatic carbocycles. The average Bonchev–Trinajstić information content (AvgIpc) is 3.25. The summed E-state index contributed by atoms with van der Waals surface area (Å²) in [6.07, 6.45) is 2.35. The van der Waals surface area contributed by atoms with Gasteiger partial charge < -0.3 is 20.4 Å². The van der Waals surface area contributed by atoms with Crippen molar-refractivity contribution in [3.63, 3.8) is 0 Å².